The van der Waals surface area contributed by atoms with Crippen molar-refractivity contribution in [2.75, 3.05) is 13.1 Å². The molecule has 1 aromatic rings. The molecule has 17 heavy (non-hydrogen) atoms. The van der Waals surface area contributed by atoms with Crippen molar-refractivity contribution in [3.8, 4) is 0 Å². The highest BCUT2D eigenvalue weighted by molar-refractivity contribution is 9.10. The van der Waals surface area contributed by atoms with Crippen LogP contribution in [0.1, 0.15) is 12.5 Å². The number of carbonyl (C=O) groups excluding carboxylic acids is 1. The molecule has 1 atom stereocenters. The van der Waals surface area contributed by atoms with E-state index in [0.717, 1.165) is 4.47 Å². The number of halogens is 2. The lowest BCUT2D eigenvalue weighted by Crippen LogP contribution is -2.32. The van der Waals surface area contributed by atoms with Crippen LogP contribution in [0.25, 0.3) is 0 Å². The zero-order valence-electron chi connectivity index (χ0n) is 9.67. The van der Waals surface area contributed by atoms with Crippen molar-refractivity contribution >= 4 is 21.8 Å². The van der Waals surface area contributed by atoms with Crippen molar-refractivity contribution in [1.29, 1.82) is 0 Å². The van der Waals surface area contributed by atoms with E-state index in [0.29, 0.717) is 18.7 Å². The molecule has 0 saturated heterocycles. The molecule has 0 heterocycles. The van der Waals surface area contributed by atoms with Gasteiger partial charge in [-0.2, -0.15) is 0 Å². The van der Waals surface area contributed by atoms with E-state index >= 15 is 0 Å². The molecule has 0 spiro atoms. The molecule has 0 radical (unpaired) electrons. The van der Waals surface area contributed by atoms with Gasteiger partial charge in [0.2, 0.25) is 5.91 Å². The van der Waals surface area contributed by atoms with Gasteiger partial charge < -0.3 is 11.1 Å². The summed E-state index contributed by atoms with van der Waals surface area (Å²) in [6.07, 6.45) is 0.0442. The summed E-state index contributed by atoms with van der Waals surface area (Å²) in [5, 5.41) is 2.73. The van der Waals surface area contributed by atoms with E-state index in [9.17, 15) is 9.18 Å². The molecule has 0 aliphatic heterocycles. The van der Waals surface area contributed by atoms with Crippen LogP contribution in [0.3, 0.4) is 0 Å². The normalized spacial score (nSPS) is 12.2. The van der Waals surface area contributed by atoms with E-state index in [2.05, 4.69) is 21.2 Å². The van der Waals surface area contributed by atoms with Crippen LogP contribution >= 0.6 is 15.9 Å². The van der Waals surface area contributed by atoms with Crippen LogP contribution in [0.5, 0.6) is 0 Å². The number of benzene rings is 1. The van der Waals surface area contributed by atoms with Crippen LogP contribution in [-0.2, 0) is 11.2 Å². The first-order valence-corrected chi connectivity index (χ1v) is 6.23. The first-order valence-electron chi connectivity index (χ1n) is 5.43. The van der Waals surface area contributed by atoms with Crippen molar-refractivity contribution < 1.29 is 9.18 Å². The van der Waals surface area contributed by atoms with Crippen molar-refractivity contribution in [2.45, 2.75) is 13.3 Å². The van der Waals surface area contributed by atoms with Crippen LogP contribution in [0, 0.1) is 11.7 Å². The third-order valence-corrected chi connectivity index (χ3v) is 2.90. The van der Waals surface area contributed by atoms with Gasteiger partial charge in [-0.05, 0) is 36.2 Å². The molecular weight excluding hydrogens is 287 g/mol. The number of rotatable bonds is 5. The molecule has 94 valence electrons. The number of nitrogens with two attached hydrogens (primary N) is 1. The molecule has 1 unspecified atom stereocenters. The molecule has 0 fully saturated rings. The Hall–Kier alpha value is -0.940. The second-order valence-corrected chi connectivity index (χ2v) is 4.97. The van der Waals surface area contributed by atoms with E-state index in [-0.39, 0.29) is 24.1 Å². The van der Waals surface area contributed by atoms with Gasteiger partial charge in [-0.25, -0.2) is 4.39 Å². The number of hydrogen-bond acceptors (Lipinski definition) is 2. The van der Waals surface area contributed by atoms with E-state index in [1.165, 1.54) is 6.07 Å². The monoisotopic (exact) mass is 302 g/mol. The molecule has 1 rings (SSSR count). The molecule has 0 aromatic heterocycles. The molecule has 5 heteroatoms. The maximum atomic E-state index is 13.4. The summed E-state index contributed by atoms with van der Waals surface area (Å²) in [7, 11) is 0. The highest BCUT2D eigenvalue weighted by Gasteiger charge is 2.09. The lowest BCUT2D eigenvalue weighted by atomic mass is 10.1. The van der Waals surface area contributed by atoms with Crippen LogP contribution in [0.2, 0.25) is 0 Å². The van der Waals surface area contributed by atoms with E-state index in [1.807, 2.05) is 6.92 Å². The van der Waals surface area contributed by atoms with Crippen LogP contribution in [0.15, 0.2) is 22.7 Å². The van der Waals surface area contributed by atoms with Gasteiger partial charge >= 0.3 is 0 Å². The fraction of sp³-hybridized carbons (Fsp3) is 0.417. The highest BCUT2D eigenvalue weighted by Crippen LogP contribution is 2.15. The highest BCUT2D eigenvalue weighted by atomic mass is 79.9. The van der Waals surface area contributed by atoms with Gasteiger partial charge in [0, 0.05) is 11.0 Å². The molecule has 0 aliphatic carbocycles. The average molecular weight is 303 g/mol. The van der Waals surface area contributed by atoms with Gasteiger partial charge in [0.05, 0.1) is 6.42 Å². The minimum atomic E-state index is -0.366. The largest absolute Gasteiger partial charge is 0.355 e. The van der Waals surface area contributed by atoms with Gasteiger partial charge in [0.1, 0.15) is 5.82 Å². The van der Waals surface area contributed by atoms with Gasteiger partial charge in [-0.15, -0.1) is 0 Å². The first kappa shape index (κ1) is 14.1. The lowest BCUT2D eigenvalue weighted by Gasteiger charge is -2.10. The van der Waals surface area contributed by atoms with Crippen molar-refractivity contribution in [1.82, 2.24) is 5.32 Å². The maximum absolute atomic E-state index is 13.4. The molecule has 0 saturated carbocycles. The second kappa shape index (κ2) is 6.71. The van der Waals surface area contributed by atoms with Gasteiger partial charge in [-0.3, -0.25) is 4.79 Å². The van der Waals surface area contributed by atoms with Gasteiger partial charge in [-0.1, -0.05) is 22.9 Å². The Morgan fingerprint density at radius 1 is 1.59 bits per heavy atom. The van der Waals surface area contributed by atoms with Crippen LogP contribution < -0.4 is 11.1 Å². The lowest BCUT2D eigenvalue weighted by molar-refractivity contribution is -0.120. The summed E-state index contributed by atoms with van der Waals surface area (Å²) in [5.74, 6) is -0.330. The molecule has 3 N–H and O–H groups in total. The molecule has 3 nitrogen and oxygen atoms in total. The maximum Gasteiger partial charge on any atom is 0.224 e. The number of amides is 1. The minimum Gasteiger partial charge on any atom is -0.355 e. The third kappa shape index (κ3) is 4.83. The Balaban J connectivity index is 2.53. The smallest absolute Gasteiger partial charge is 0.224 e. The number of carbonyl (C=O) groups is 1. The number of hydrogen-bond donors (Lipinski definition) is 2. The fourth-order valence-electron chi connectivity index (χ4n) is 1.29. The zero-order chi connectivity index (χ0) is 12.8. The van der Waals surface area contributed by atoms with E-state index < -0.39 is 0 Å². The Kier molecular flexibility index (Phi) is 5.58. The quantitative estimate of drug-likeness (QED) is 0.872. The first-order chi connectivity index (χ1) is 8.02. The van der Waals surface area contributed by atoms with Crippen molar-refractivity contribution in [3.05, 3.63) is 34.1 Å². The Labute approximate surface area is 109 Å². The zero-order valence-corrected chi connectivity index (χ0v) is 11.3. The number of nitrogens with one attached hydrogen (secondary N) is 1. The molecule has 0 bridgehead atoms. The topological polar surface area (TPSA) is 55.1 Å². The average Bonchev–Trinajstić information content (AvgIpc) is 2.30. The molecule has 1 aromatic carbocycles. The predicted molar refractivity (Wildman–Crippen MR) is 69.0 cm³/mol. The molecule has 1 amide bonds. The van der Waals surface area contributed by atoms with E-state index in [4.69, 9.17) is 5.73 Å². The summed E-state index contributed by atoms with van der Waals surface area (Å²) in [4.78, 5) is 11.6. The second-order valence-electron chi connectivity index (χ2n) is 4.06. The van der Waals surface area contributed by atoms with Crippen molar-refractivity contribution in [2.24, 2.45) is 11.7 Å². The van der Waals surface area contributed by atoms with Crippen molar-refractivity contribution in [3.63, 3.8) is 0 Å². The van der Waals surface area contributed by atoms with Crippen LogP contribution in [-0.4, -0.2) is 19.0 Å². The molecular formula is C12H16BrFN2O. The summed E-state index contributed by atoms with van der Waals surface area (Å²) < 4.78 is 14.1. The van der Waals surface area contributed by atoms with E-state index in [1.54, 1.807) is 12.1 Å². The Morgan fingerprint density at radius 3 is 2.94 bits per heavy atom. The summed E-state index contributed by atoms with van der Waals surface area (Å²) in [6.45, 7) is 2.98. The standard InChI is InChI=1S/C12H16BrFN2O/c1-8(6-15)7-16-12(17)5-9-4-10(13)2-3-11(9)14/h2-4,8H,5-7,15H2,1H3,(H,16,17). The fourth-order valence-corrected chi connectivity index (χ4v) is 1.69. The summed E-state index contributed by atoms with van der Waals surface area (Å²) in [5.41, 5.74) is 5.82. The SMILES string of the molecule is CC(CN)CNC(=O)Cc1cc(Br)ccc1F. The van der Waals surface area contributed by atoms with Gasteiger partial charge in [0.25, 0.3) is 0 Å². The predicted octanol–water partition coefficient (Wildman–Crippen LogP) is 1.84. The molecule has 0 aliphatic rings. The Bertz CT molecular complexity index is 398. The minimum absolute atomic E-state index is 0.0442. The van der Waals surface area contributed by atoms with Gasteiger partial charge in [0.15, 0.2) is 0 Å². The third-order valence-electron chi connectivity index (χ3n) is 2.41. The summed E-state index contributed by atoms with van der Waals surface area (Å²) in [6, 6.07) is 4.56. The Morgan fingerprint density at radius 2 is 2.29 bits per heavy atom. The van der Waals surface area contributed by atoms with Crippen LogP contribution in [0.4, 0.5) is 4.39 Å². The summed E-state index contributed by atoms with van der Waals surface area (Å²) >= 11 is 3.24.